The summed E-state index contributed by atoms with van der Waals surface area (Å²) in [6, 6.07) is 23.5. The number of methoxy groups -OCH3 is 1. The predicted molar refractivity (Wildman–Crippen MR) is 140 cm³/mol. The number of para-hydroxylation sites is 1. The van der Waals surface area contributed by atoms with Crippen molar-refractivity contribution in [2.75, 3.05) is 24.8 Å². The molecule has 0 saturated heterocycles. The Morgan fingerprint density at radius 3 is 2.30 bits per heavy atom. The van der Waals surface area contributed by atoms with E-state index in [2.05, 4.69) is 15.5 Å². The molecule has 190 valence electrons. The molecule has 0 fully saturated rings. The lowest BCUT2D eigenvalue weighted by molar-refractivity contribution is -0.113. The number of anilines is 1. The lowest BCUT2D eigenvalue weighted by Crippen LogP contribution is -2.15. The van der Waals surface area contributed by atoms with Crippen LogP contribution in [0.4, 0.5) is 5.69 Å². The number of thioether (sulfide) groups is 1. The molecule has 4 aromatic rings. The quantitative estimate of drug-likeness (QED) is 0.224. The lowest BCUT2D eigenvalue weighted by atomic mass is 10.2. The monoisotopic (exact) mass is 518 g/mol. The largest absolute Gasteiger partial charge is 0.497 e. The minimum atomic E-state index is -0.400. The summed E-state index contributed by atoms with van der Waals surface area (Å²) in [5.74, 6) is 1.51. The maximum atomic E-state index is 12.6. The van der Waals surface area contributed by atoms with E-state index in [-0.39, 0.29) is 18.3 Å². The SMILES string of the molecule is CCOC(=O)c1ccc(NC(=O)CSc2nnc(COc3ccc(OC)cc3)n2-c2ccccc2)cc1. The fourth-order valence-electron chi connectivity index (χ4n) is 3.37. The molecule has 0 atom stereocenters. The molecule has 0 bridgehead atoms. The molecule has 4 rings (SSSR count). The van der Waals surface area contributed by atoms with Crippen molar-refractivity contribution in [2.45, 2.75) is 18.7 Å². The molecule has 0 aliphatic heterocycles. The van der Waals surface area contributed by atoms with E-state index < -0.39 is 5.97 Å². The van der Waals surface area contributed by atoms with Gasteiger partial charge in [0.25, 0.3) is 0 Å². The van der Waals surface area contributed by atoms with Crippen LogP contribution in [0.1, 0.15) is 23.1 Å². The van der Waals surface area contributed by atoms with Crippen molar-refractivity contribution in [1.29, 1.82) is 0 Å². The third-order valence-corrected chi connectivity index (χ3v) is 6.08. The summed E-state index contributed by atoms with van der Waals surface area (Å²) in [5.41, 5.74) is 1.87. The van der Waals surface area contributed by atoms with Gasteiger partial charge in [0.15, 0.2) is 11.0 Å². The Labute approximate surface area is 218 Å². The second-order valence-corrected chi connectivity index (χ2v) is 8.61. The van der Waals surface area contributed by atoms with Gasteiger partial charge in [-0.15, -0.1) is 10.2 Å². The van der Waals surface area contributed by atoms with Gasteiger partial charge >= 0.3 is 5.97 Å². The van der Waals surface area contributed by atoms with Crippen molar-refractivity contribution in [1.82, 2.24) is 14.8 Å². The van der Waals surface area contributed by atoms with E-state index in [0.717, 1.165) is 11.4 Å². The molecular formula is C27H26N4O5S. The van der Waals surface area contributed by atoms with E-state index in [0.29, 0.717) is 34.6 Å². The highest BCUT2D eigenvalue weighted by Crippen LogP contribution is 2.24. The number of benzene rings is 3. The van der Waals surface area contributed by atoms with Gasteiger partial charge in [-0.3, -0.25) is 9.36 Å². The number of hydrogen-bond donors (Lipinski definition) is 1. The number of aromatic nitrogens is 3. The van der Waals surface area contributed by atoms with Crippen LogP contribution in [-0.4, -0.2) is 46.1 Å². The minimum absolute atomic E-state index is 0.115. The number of esters is 1. The standard InChI is InChI=1S/C27H26N4O5S/c1-3-35-26(33)19-9-11-20(12-10-19)28-25(32)18-37-27-30-29-24(31(27)21-7-5-4-6-8-21)17-36-23-15-13-22(34-2)14-16-23/h4-16H,3,17-18H2,1-2H3,(H,28,32). The molecule has 3 aromatic carbocycles. The third-order valence-electron chi connectivity index (χ3n) is 5.15. The molecule has 1 aromatic heterocycles. The Balaban J connectivity index is 1.42. The smallest absolute Gasteiger partial charge is 0.338 e. The van der Waals surface area contributed by atoms with E-state index in [1.807, 2.05) is 59.2 Å². The fraction of sp³-hybridized carbons (Fsp3) is 0.185. The van der Waals surface area contributed by atoms with Crippen molar-refractivity contribution in [3.63, 3.8) is 0 Å². The Hall–Kier alpha value is -4.31. The minimum Gasteiger partial charge on any atom is -0.497 e. The summed E-state index contributed by atoms with van der Waals surface area (Å²) in [6.07, 6.45) is 0. The highest BCUT2D eigenvalue weighted by atomic mass is 32.2. The topological polar surface area (TPSA) is 105 Å². The van der Waals surface area contributed by atoms with Gasteiger partial charge in [0.1, 0.15) is 18.1 Å². The zero-order valence-corrected chi connectivity index (χ0v) is 21.2. The fourth-order valence-corrected chi connectivity index (χ4v) is 4.15. The predicted octanol–water partition coefficient (Wildman–Crippen LogP) is 4.76. The summed E-state index contributed by atoms with van der Waals surface area (Å²) >= 11 is 1.26. The molecule has 1 N–H and O–H groups in total. The second kappa shape index (κ2) is 12.6. The Morgan fingerprint density at radius 2 is 1.62 bits per heavy atom. The van der Waals surface area contributed by atoms with Gasteiger partial charge in [0.2, 0.25) is 5.91 Å². The number of hydrogen-bond acceptors (Lipinski definition) is 8. The van der Waals surface area contributed by atoms with Crippen molar-refractivity contribution in [2.24, 2.45) is 0 Å². The summed E-state index contributed by atoms with van der Waals surface area (Å²) in [7, 11) is 1.61. The summed E-state index contributed by atoms with van der Waals surface area (Å²) in [6.45, 7) is 2.24. The van der Waals surface area contributed by atoms with Gasteiger partial charge in [0, 0.05) is 11.4 Å². The number of ether oxygens (including phenoxy) is 3. The highest BCUT2D eigenvalue weighted by molar-refractivity contribution is 7.99. The lowest BCUT2D eigenvalue weighted by Gasteiger charge is -2.11. The Morgan fingerprint density at radius 1 is 0.919 bits per heavy atom. The molecule has 0 saturated carbocycles. The summed E-state index contributed by atoms with van der Waals surface area (Å²) in [5, 5.41) is 12.0. The maximum Gasteiger partial charge on any atom is 0.338 e. The number of nitrogens with one attached hydrogen (secondary N) is 1. The van der Waals surface area contributed by atoms with Gasteiger partial charge in [-0.05, 0) is 67.6 Å². The molecule has 0 spiro atoms. The third kappa shape index (κ3) is 6.89. The van der Waals surface area contributed by atoms with Gasteiger partial charge in [-0.1, -0.05) is 30.0 Å². The first-order valence-corrected chi connectivity index (χ1v) is 12.5. The summed E-state index contributed by atoms with van der Waals surface area (Å²) < 4.78 is 17.9. The number of carbonyl (C=O) groups is 2. The molecule has 9 nitrogen and oxygen atoms in total. The molecule has 0 aliphatic carbocycles. The van der Waals surface area contributed by atoms with E-state index >= 15 is 0 Å². The number of rotatable bonds is 11. The van der Waals surface area contributed by atoms with Crippen LogP contribution in [0.2, 0.25) is 0 Å². The first kappa shape index (κ1) is 25.8. The summed E-state index contributed by atoms with van der Waals surface area (Å²) in [4.78, 5) is 24.4. The van der Waals surface area contributed by atoms with E-state index in [9.17, 15) is 9.59 Å². The van der Waals surface area contributed by atoms with E-state index in [4.69, 9.17) is 14.2 Å². The van der Waals surface area contributed by atoms with Crippen LogP contribution >= 0.6 is 11.8 Å². The molecule has 1 amide bonds. The Kier molecular flexibility index (Phi) is 8.77. The van der Waals surface area contributed by atoms with Crippen molar-refractivity contribution in [3.05, 3.63) is 90.3 Å². The first-order valence-electron chi connectivity index (χ1n) is 11.5. The average Bonchev–Trinajstić information content (AvgIpc) is 3.35. The zero-order valence-electron chi connectivity index (χ0n) is 20.4. The van der Waals surface area contributed by atoms with Crippen LogP contribution in [0, 0.1) is 0 Å². The zero-order chi connectivity index (χ0) is 26.0. The van der Waals surface area contributed by atoms with Gasteiger partial charge in [-0.25, -0.2) is 4.79 Å². The van der Waals surface area contributed by atoms with Crippen molar-refractivity contribution < 1.29 is 23.8 Å². The van der Waals surface area contributed by atoms with Crippen LogP contribution in [0.3, 0.4) is 0 Å². The van der Waals surface area contributed by atoms with Gasteiger partial charge in [-0.2, -0.15) is 0 Å². The van der Waals surface area contributed by atoms with Crippen LogP contribution in [0.15, 0.2) is 84.0 Å². The number of carbonyl (C=O) groups excluding carboxylic acids is 2. The van der Waals surface area contributed by atoms with Crippen LogP contribution in [0.5, 0.6) is 11.5 Å². The molecule has 1 heterocycles. The Bertz CT molecular complexity index is 1330. The number of amides is 1. The second-order valence-electron chi connectivity index (χ2n) is 7.67. The molecule has 0 radical (unpaired) electrons. The van der Waals surface area contributed by atoms with Gasteiger partial charge < -0.3 is 19.5 Å². The molecule has 0 aliphatic rings. The number of nitrogens with zero attached hydrogens (tertiary/aromatic N) is 3. The van der Waals surface area contributed by atoms with Crippen LogP contribution in [-0.2, 0) is 16.1 Å². The van der Waals surface area contributed by atoms with Crippen molar-refractivity contribution in [3.8, 4) is 17.2 Å². The van der Waals surface area contributed by atoms with E-state index in [1.165, 1.54) is 11.8 Å². The van der Waals surface area contributed by atoms with Crippen LogP contribution in [0.25, 0.3) is 5.69 Å². The van der Waals surface area contributed by atoms with E-state index in [1.54, 1.807) is 38.3 Å². The average molecular weight is 519 g/mol. The molecule has 37 heavy (non-hydrogen) atoms. The van der Waals surface area contributed by atoms with Crippen LogP contribution < -0.4 is 14.8 Å². The van der Waals surface area contributed by atoms with Crippen molar-refractivity contribution >= 4 is 29.3 Å². The van der Waals surface area contributed by atoms with Gasteiger partial charge in [0.05, 0.1) is 25.0 Å². The molecular weight excluding hydrogens is 492 g/mol. The highest BCUT2D eigenvalue weighted by Gasteiger charge is 2.17. The first-order chi connectivity index (χ1) is 18.1. The molecule has 10 heteroatoms. The normalized spacial score (nSPS) is 10.5. The maximum absolute atomic E-state index is 12.6. The molecule has 0 unspecified atom stereocenters.